The highest BCUT2D eigenvalue weighted by atomic mass is 19.1. The molecule has 156 valence electrons. The van der Waals surface area contributed by atoms with E-state index in [4.69, 9.17) is 11.1 Å². The minimum absolute atomic E-state index is 0.189. The van der Waals surface area contributed by atoms with Crippen LogP contribution in [0.4, 0.5) is 15.9 Å². The minimum Gasteiger partial charge on any atom is -0.398 e. The molecule has 0 bridgehead atoms. The second-order valence-electron chi connectivity index (χ2n) is 7.64. The van der Waals surface area contributed by atoms with Gasteiger partial charge < -0.3 is 15.7 Å². The number of aromatic nitrogens is 4. The Bertz CT molecular complexity index is 1070. The summed E-state index contributed by atoms with van der Waals surface area (Å²) in [6.45, 7) is 0.423. The van der Waals surface area contributed by atoms with Crippen LogP contribution in [-0.2, 0) is 7.05 Å². The average molecular weight is 409 g/mol. The Kier molecular flexibility index (Phi) is 5.21. The van der Waals surface area contributed by atoms with Gasteiger partial charge >= 0.3 is 0 Å². The molecule has 30 heavy (non-hydrogen) atoms. The number of aliphatic hydroxyl groups excluding tert-OH is 1. The van der Waals surface area contributed by atoms with Crippen LogP contribution in [0.2, 0.25) is 0 Å². The van der Waals surface area contributed by atoms with Crippen molar-refractivity contribution in [3.05, 3.63) is 54.2 Å². The summed E-state index contributed by atoms with van der Waals surface area (Å²) in [6, 6.07) is 7.25. The van der Waals surface area contributed by atoms with Gasteiger partial charge in [0.25, 0.3) is 0 Å². The summed E-state index contributed by atoms with van der Waals surface area (Å²) < 4.78 is 16.0. The first kappa shape index (κ1) is 20.0. The van der Waals surface area contributed by atoms with Crippen molar-refractivity contribution >= 4 is 17.2 Å². The second-order valence-corrected chi connectivity index (χ2v) is 7.64. The fourth-order valence-electron chi connectivity index (χ4n) is 3.61. The lowest BCUT2D eigenvalue weighted by molar-refractivity contribution is 0.0480. The van der Waals surface area contributed by atoms with Crippen molar-refractivity contribution in [2.24, 2.45) is 7.05 Å². The number of nitrogen functional groups attached to an aromatic ring is 1. The molecule has 4 rings (SSSR count). The fraction of sp³-hybridized carbons (Fsp3) is 0.333. The molecule has 0 amide bonds. The first-order chi connectivity index (χ1) is 14.4. The Morgan fingerprint density at radius 3 is 2.67 bits per heavy atom. The van der Waals surface area contributed by atoms with Gasteiger partial charge in [0, 0.05) is 62.1 Å². The topological polar surface area (TPSA) is 117 Å². The highest BCUT2D eigenvalue weighted by Gasteiger charge is 2.34. The van der Waals surface area contributed by atoms with E-state index in [0.717, 1.165) is 11.1 Å². The summed E-state index contributed by atoms with van der Waals surface area (Å²) >= 11 is 0. The summed E-state index contributed by atoms with van der Waals surface area (Å²) in [7, 11) is 1.85. The van der Waals surface area contributed by atoms with E-state index in [-0.39, 0.29) is 18.6 Å². The first-order valence-corrected chi connectivity index (χ1v) is 9.73. The van der Waals surface area contributed by atoms with Gasteiger partial charge in [0.1, 0.15) is 17.8 Å². The molecule has 0 spiro atoms. The number of aliphatic hydroxyl groups is 1. The zero-order valence-electron chi connectivity index (χ0n) is 16.7. The van der Waals surface area contributed by atoms with Crippen LogP contribution in [0.15, 0.2) is 43.0 Å². The number of halogens is 1. The maximum absolute atomic E-state index is 14.3. The molecule has 0 aliphatic carbocycles. The summed E-state index contributed by atoms with van der Waals surface area (Å²) in [5.41, 5.74) is 8.15. The largest absolute Gasteiger partial charge is 0.398 e. The molecule has 0 radical (unpaired) electrons. The number of nitrogens with two attached hydrogens (primary N) is 1. The van der Waals surface area contributed by atoms with Crippen molar-refractivity contribution in [1.29, 1.82) is 5.41 Å². The third kappa shape index (κ3) is 3.88. The van der Waals surface area contributed by atoms with Crippen molar-refractivity contribution < 1.29 is 9.50 Å². The van der Waals surface area contributed by atoms with E-state index in [1.165, 1.54) is 6.33 Å². The Labute approximate surface area is 173 Å². The Morgan fingerprint density at radius 2 is 2.00 bits per heavy atom. The molecule has 2 aromatic heterocycles. The summed E-state index contributed by atoms with van der Waals surface area (Å²) in [5, 5.41) is 22.1. The monoisotopic (exact) mass is 409 g/mol. The lowest BCUT2D eigenvalue weighted by Gasteiger charge is -2.35. The van der Waals surface area contributed by atoms with Crippen LogP contribution < -0.4 is 10.6 Å². The highest BCUT2D eigenvalue weighted by Crippen LogP contribution is 2.29. The maximum atomic E-state index is 14.3. The lowest BCUT2D eigenvalue weighted by Crippen LogP contribution is -2.44. The van der Waals surface area contributed by atoms with Gasteiger partial charge in [-0.15, -0.1) is 0 Å². The van der Waals surface area contributed by atoms with Crippen LogP contribution in [0, 0.1) is 5.41 Å². The number of nitrogens with zero attached hydrogens (tertiary/aromatic N) is 5. The van der Waals surface area contributed by atoms with Gasteiger partial charge in [-0.3, -0.25) is 10.1 Å². The smallest absolute Gasteiger partial charge is 0.137 e. The Hall–Kier alpha value is -3.33. The van der Waals surface area contributed by atoms with Gasteiger partial charge in [-0.25, -0.2) is 14.4 Å². The van der Waals surface area contributed by atoms with Crippen LogP contribution in [-0.4, -0.2) is 55.9 Å². The SMILES string of the molecule is Cn1cc(-c2ccc(N)c(C(=N)c3cc(N4CCC(F)(CO)CC4)ncn3)c2)cn1. The van der Waals surface area contributed by atoms with Crippen LogP contribution in [0.1, 0.15) is 24.1 Å². The van der Waals surface area contributed by atoms with Crippen molar-refractivity contribution in [1.82, 2.24) is 19.7 Å². The molecule has 1 aromatic carbocycles. The van der Waals surface area contributed by atoms with E-state index in [1.807, 2.05) is 30.3 Å². The van der Waals surface area contributed by atoms with Crippen LogP contribution in [0.25, 0.3) is 11.1 Å². The van der Waals surface area contributed by atoms with Crippen LogP contribution >= 0.6 is 0 Å². The molecule has 0 unspecified atom stereocenters. The second kappa shape index (κ2) is 7.83. The molecular formula is C21H24FN7O. The number of benzene rings is 1. The molecule has 4 N–H and O–H groups in total. The molecule has 9 heteroatoms. The third-order valence-electron chi connectivity index (χ3n) is 5.54. The molecular weight excluding hydrogens is 385 g/mol. The molecule has 3 heterocycles. The molecule has 3 aromatic rings. The van der Waals surface area contributed by atoms with Crippen LogP contribution in [0.3, 0.4) is 0 Å². The molecule has 0 saturated carbocycles. The van der Waals surface area contributed by atoms with Gasteiger partial charge in [0.15, 0.2) is 0 Å². The molecule has 0 atom stereocenters. The van der Waals surface area contributed by atoms with Crippen molar-refractivity contribution in [3.8, 4) is 11.1 Å². The molecule has 8 nitrogen and oxygen atoms in total. The number of nitrogens with one attached hydrogen (secondary N) is 1. The average Bonchev–Trinajstić information content (AvgIpc) is 3.20. The number of hydrogen-bond acceptors (Lipinski definition) is 7. The number of piperidine rings is 1. The van der Waals surface area contributed by atoms with Gasteiger partial charge in [0.05, 0.1) is 24.2 Å². The summed E-state index contributed by atoms with van der Waals surface area (Å²) in [4.78, 5) is 10.5. The Balaban J connectivity index is 1.59. The fourth-order valence-corrected chi connectivity index (χ4v) is 3.61. The molecule has 1 saturated heterocycles. The summed E-state index contributed by atoms with van der Waals surface area (Å²) in [5.74, 6) is 0.631. The number of hydrogen-bond donors (Lipinski definition) is 3. The maximum Gasteiger partial charge on any atom is 0.137 e. The van der Waals surface area contributed by atoms with E-state index in [9.17, 15) is 9.50 Å². The molecule has 1 aliphatic heterocycles. The standard InChI is InChI=1S/C21H24FN7O/c1-28-11-15(10-27-28)14-2-3-17(23)16(8-14)20(24)18-9-19(26-13-25-18)29-6-4-21(22,12-30)5-7-29/h2-3,8-11,13,24,30H,4-7,12,23H2,1H3. The van der Waals surface area contributed by atoms with E-state index in [2.05, 4.69) is 15.1 Å². The van der Waals surface area contributed by atoms with Gasteiger partial charge in [-0.2, -0.15) is 5.10 Å². The highest BCUT2D eigenvalue weighted by molar-refractivity contribution is 6.13. The van der Waals surface area contributed by atoms with Gasteiger partial charge in [-0.05, 0) is 17.7 Å². The first-order valence-electron chi connectivity index (χ1n) is 9.73. The van der Waals surface area contributed by atoms with E-state index >= 15 is 0 Å². The zero-order valence-corrected chi connectivity index (χ0v) is 16.7. The minimum atomic E-state index is -1.53. The quantitative estimate of drug-likeness (QED) is 0.439. The number of rotatable bonds is 5. The van der Waals surface area contributed by atoms with Crippen LogP contribution in [0.5, 0.6) is 0 Å². The van der Waals surface area contributed by atoms with E-state index in [0.29, 0.717) is 35.9 Å². The van der Waals surface area contributed by atoms with Gasteiger partial charge in [0.2, 0.25) is 0 Å². The number of anilines is 2. The van der Waals surface area contributed by atoms with E-state index < -0.39 is 12.3 Å². The predicted octanol–water partition coefficient (Wildman–Crippen LogP) is 2.18. The van der Waals surface area contributed by atoms with E-state index in [1.54, 1.807) is 23.0 Å². The molecule has 1 fully saturated rings. The number of aryl methyl sites for hydroxylation is 1. The summed E-state index contributed by atoms with van der Waals surface area (Å²) in [6.07, 6.45) is 5.54. The van der Waals surface area contributed by atoms with Crippen molar-refractivity contribution in [2.75, 3.05) is 30.3 Å². The third-order valence-corrected chi connectivity index (χ3v) is 5.54. The normalized spacial score (nSPS) is 15.9. The number of alkyl halides is 1. The van der Waals surface area contributed by atoms with Crippen molar-refractivity contribution in [2.45, 2.75) is 18.5 Å². The van der Waals surface area contributed by atoms with Crippen molar-refractivity contribution in [3.63, 3.8) is 0 Å². The predicted molar refractivity (Wildman–Crippen MR) is 113 cm³/mol. The Morgan fingerprint density at radius 1 is 1.23 bits per heavy atom. The van der Waals surface area contributed by atoms with Gasteiger partial charge in [-0.1, -0.05) is 6.07 Å². The molecule has 1 aliphatic rings. The zero-order chi connectivity index (χ0) is 21.3. The lowest BCUT2D eigenvalue weighted by atomic mass is 9.94.